The van der Waals surface area contributed by atoms with E-state index in [2.05, 4.69) is 20.3 Å². The molecule has 31 heavy (non-hydrogen) atoms. The van der Waals surface area contributed by atoms with E-state index in [1.54, 1.807) is 11.0 Å². The molecular formula is C22H30N6O3. The van der Waals surface area contributed by atoms with Gasteiger partial charge in [0.25, 0.3) is 0 Å². The first-order valence-electron chi connectivity index (χ1n) is 11.0. The van der Waals surface area contributed by atoms with Crippen LogP contribution in [0.15, 0.2) is 36.9 Å². The molecular weight excluding hydrogens is 396 g/mol. The number of aromatic nitrogens is 3. The summed E-state index contributed by atoms with van der Waals surface area (Å²) in [5.74, 6) is -0.0127. The van der Waals surface area contributed by atoms with Crippen LogP contribution in [0.3, 0.4) is 0 Å². The fourth-order valence-electron chi connectivity index (χ4n) is 4.20. The van der Waals surface area contributed by atoms with Gasteiger partial charge < -0.3 is 15.0 Å². The largest absolute Gasteiger partial charge is 0.379 e. The minimum absolute atomic E-state index is 0.000859. The first-order chi connectivity index (χ1) is 15.2. The minimum atomic E-state index is -0.167. The lowest BCUT2D eigenvalue weighted by Crippen LogP contribution is -2.46. The van der Waals surface area contributed by atoms with Gasteiger partial charge in [0.2, 0.25) is 11.8 Å². The Morgan fingerprint density at radius 1 is 1.19 bits per heavy atom. The van der Waals surface area contributed by atoms with E-state index >= 15 is 0 Å². The first-order valence-corrected chi connectivity index (χ1v) is 11.0. The highest BCUT2D eigenvalue weighted by atomic mass is 16.5. The van der Waals surface area contributed by atoms with Gasteiger partial charge in [-0.2, -0.15) is 5.10 Å². The number of amides is 2. The van der Waals surface area contributed by atoms with Crippen molar-refractivity contribution in [3.05, 3.63) is 42.5 Å². The van der Waals surface area contributed by atoms with Crippen LogP contribution in [0.1, 0.15) is 24.8 Å². The molecule has 0 unspecified atom stereocenters. The van der Waals surface area contributed by atoms with E-state index in [-0.39, 0.29) is 17.7 Å². The molecule has 2 aliphatic heterocycles. The lowest BCUT2D eigenvalue weighted by atomic mass is 9.96. The molecule has 4 rings (SSSR count). The van der Waals surface area contributed by atoms with Crippen molar-refractivity contribution in [1.82, 2.24) is 29.9 Å². The van der Waals surface area contributed by atoms with Crippen LogP contribution < -0.4 is 5.32 Å². The topological polar surface area (TPSA) is 92.6 Å². The third-order valence-corrected chi connectivity index (χ3v) is 5.99. The predicted octanol–water partition coefficient (Wildman–Crippen LogP) is 0.844. The Balaban J connectivity index is 1.27. The molecule has 0 spiro atoms. The molecule has 0 radical (unpaired) electrons. The second-order valence-corrected chi connectivity index (χ2v) is 8.07. The van der Waals surface area contributed by atoms with Gasteiger partial charge in [-0.25, -0.2) is 9.67 Å². The molecule has 0 bridgehead atoms. The monoisotopic (exact) mass is 426 g/mol. The van der Waals surface area contributed by atoms with Gasteiger partial charge in [0.15, 0.2) is 0 Å². The summed E-state index contributed by atoms with van der Waals surface area (Å²) in [5, 5.41) is 7.24. The molecule has 9 nitrogen and oxygen atoms in total. The zero-order chi connectivity index (χ0) is 21.5. The molecule has 1 aromatic carbocycles. The molecule has 2 saturated heterocycles. The number of benzene rings is 1. The number of hydrogen-bond donors (Lipinski definition) is 1. The Hall–Kier alpha value is -2.78. The van der Waals surface area contributed by atoms with E-state index < -0.39 is 0 Å². The molecule has 1 N–H and O–H groups in total. The average molecular weight is 427 g/mol. The van der Waals surface area contributed by atoms with Crippen LogP contribution in [0.4, 0.5) is 0 Å². The zero-order valence-electron chi connectivity index (χ0n) is 17.8. The van der Waals surface area contributed by atoms with Crippen molar-refractivity contribution in [2.45, 2.75) is 25.8 Å². The van der Waals surface area contributed by atoms with Crippen molar-refractivity contribution in [2.24, 2.45) is 5.92 Å². The van der Waals surface area contributed by atoms with Crippen molar-refractivity contribution in [3.8, 4) is 5.69 Å². The highest BCUT2D eigenvalue weighted by Crippen LogP contribution is 2.19. The van der Waals surface area contributed by atoms with Gasteiger partial charge in [0.05, 0.1) is 24.8 Å². The van der Waals surface area contributed by atoms with Crippen LogP contribution >= 0.6 is 0 Å². The fourth-order valence-corrected chi connectivity index (χ4v) is 4.20. The standard InChI is InChI=1S/C22H30N6O3/c29-21-7-6-19(15-27(21)9-3-8-26-10-12-31-13-11-26)22(30)24-14-18-4-1-2-5-20(18)28-17-23-16-25-28/h1-2,4-5,16-17,19H,3,6-15H2,(H,24,30)/t19-/m1/s1. The molecule has 1 atom stereocenters. The number of ether oxygens (including phenoxy) is 1. The van der Waals surface area contributed by atoms with E-state index in [1.807, 2.05) is 29.2 Å². The molecule has 9 heteroatoms. The van der Waals surface area contributed by atoms with Crippen LogP contribution in [0.2, 0.25) is 0 Å². The fraction of sp³-hybridized carbons (Fsp3) is 0.545. The third kappa shape index (κ3) is 5.68. The number of carbonyl (C=O) groups excluding carboxylic acids is 2. The summed E-state index contributed by atoms with van der Waals surface area (Å²) in [4.78, 5) is 33.4. The summed E-state index contributed by atoms with van der Waals surface area (Å²) in [7, 11) is 0. The molecule has 2 aromatic rings. The molecule has 2 amide bonds. The summed E-state index contributed by atoms with van der Waals surface area (Å²) >= 11 is 0. The van der Waals surface area contributed by atoms with Crippen molar-refractivity contribution in [1.29, 1.82) is 0 Å². The number of piperidine rings is 1. The quantitative estimate of drug-likeness (QED) is 0.673. The SMILES string of the molecule is O=C(NCc1ccccc1-n1cncn1)[C@@H]1CCC(=O)N(CCCN2CCOCC2)C1. The first kappa shape index (κ1) is 21.5. The molecule has 166 valence electrons. The van der Waals surface area contributed by atoms with Gasteiger partial charge in [0.1, 0.15) is 12.7 Å². The predicted molar refractivity (Wildman–Crippen MR) is 114 cm³/mol. The number of likely N-dealkylation sites (tertiary alicyclic amines) is 1. The van der Waals surface area contributed by atoms with E-state index in [1.165, 1.54) is 6.33 Å². The van der Waals surface area contributed by atoms with Crippen molar-refractivity contribution < 1.29 is 14.3 Å². The average Bonchev–Trinajstić information content (AvgIpc) is 3.34. The van der Waals surface area contributed by atoms with Gasteiger partial charge in [-0.15, -0.1) is 0 Å². The highest BCUT2D eigenvalue weighted by molar-refractivity contribution is 5.83. The van der Waals surface area contributed by atoms with Crippen LogP contribution in [-0.2, 0) is 20.9 Å². The zero-order valence-corrected chi connectivity index (χ0v) is 17.8. The number of morpholine rings is 1. The second kappa shape index (κ2) is 10.5. The van der Waals surface area contributed by atoms with Crippen molar-refractivity contribution >= 4 is 11.8 Å². The number of rotatable bonds is 8. The maximum absolute atomic E-state index is 12.8. The number of nitrogens with one attached hydrogen (secondary N) is 1. The Kier molecular flexibility index (Phi) is 7.26. The summed E-state index contributed by atoms with van der Waals surface area (Å²) in [5.41, 5.74) is 1.86. The summed E-state index contributed by atoms with van der Waals surface area (Å²) in [6.45, 7) is 6.05. The molecule has 2 aliphatic rings. The number of para-hydroxylation sites is 1. The van der Waals surface area contributed by atoms with Gasteiger partial charge in [-0.05, 0) is 24.5 Å². The van der Waals surface area contributed by atoms with E-state index in [9.17, 15) is 9.59 Å². The van der Waals surface area contributed by atoms with Gasteiger partial charge in [-0.1, -0.05) is 18.2 Å². The second-order valence-electron chi connectivity index (χ2n) is 8.07. The van der Waals surface area contributed by atoms with E-state index in [0.717, 1.165) is 50.5 Å². The van der Waals surface area contributed by atoms with Gasteiger partial charge in [0, 0.05) is 45.7 Å². The molecule has 0 aliphatic carbocycles. The lowest BCUT2D eigenvalue weighted by Gasteiger charge is -2.33. The summed E-state index contributed by atoms with van der Waals surface area (Å²) in [6, 6.07) is 7.80. The van der Waals surface area contributed by atoms with Crippen LogP contribution in [0.5, 0.6) is 0 Å². The smallest absolute Gasteiger partial charge is 0.225 e. The van der Waals surface area contributed by atoms with Crippen LogP contribution in [0.25, 0.3) is 5.69 Å². The summed E-state index contributed by atoms with van der Waals surface area (Å²) in [6.07, 6.45) is 5.09. The highest BCUT2D eigenvalue weighted by Gasteiger charge is 2.30. The Morgan fingerprint density at radius 3 is 2.84 bits per heavy atom. The normalized spacial score (nSPS) is 20.1. The Bertz CT molecular complexity index is 866. The maximum Gasteiger partial charge on any atom is 0.225 e. The Morgan fingerprint density at radius 2 is 2.03 bits per heavy atom. The Labute approximate surface area is 182 Å². The number of carbonyl (C=O) groups is 2. The number of nitrogens with zero attached hydrogens (tertiary/aromatic N) is 5. The lowest BCUT2D eigenvalue weighted by molar-refractivity contribution is -0.138. The van der Waals surface area contributed by atoms with Gasteiger partial charge >= 0.3 is 0 Å². The van der Waals surface area contributed by atoms with Crippen LogP contribution in [0, 0.1) is 5.92 Å². The molecule has 1 aromatic heterocycles. The van der Waals surface area contributed by atoms with Gasteiger partial charge in [-0.3, -0.25) is 14.5 Å². The molecule has 0 saturated carbocycles. The molecule has 3 heterocycles. The summed E-state index contributed by atoms with van der Waals surface area (Å²) < 4.78 is 7.07. The third-order valence-electron chi connectivity index (χ3n) is 5.99. The van der Waals surface area contributed by atoms with Crippen LogP contribution in [-0.4, -0.2) is 82.3 Å². The minimum Gasteiger partial charge on any atom is -0.379 e. The van der Waals surface area contributed by atoms with E-state index in [0.29, 0.717) is 32.5 Å². The maximum atomic E-state index is 12.8. The van der Waals surface area contributed by atoms with Crippen molar-refractivity contribution in [3.63, 3.8) is 0 Å². The van der Waals surface area contributed by atoms with E-state index in [4.69, 9.17) is 4.74 Å². The van der Waals surface area contributed by atoms with Crippen molar-refractivity contribution in [2.75, 3.05) is 45.9 Å². The molecule has 2 fully saturated rings. The number of hydrogen-bond acceptors (Lipinski definition) is 6.